The number of aliphatic hydroxyl groups excluding tert-OH is 2. The molecule has 0 aliphatic heterocycles. The van der Waals surface area contributed by atoms with Crippen molar-refractivity contribution in [1.82, 2.24) is 4.98 Å². The number of rotatable bonds is 14. The van der Waals surface area contributed by atoms with Crippen LogP contribution < -0.4 is 15.2 Å². The van der Waals surface area contributed by atoms with E-state index in [2.05, 4.69) is 41.5 Å². The third-order valence-electron chi connectivity index (χ3n) is 19.6. The summed E-state index contributed by atoms with van der Waals surface area (Å²) >= 11 is 0. The van der Waals surface area contributed by atoms with Gasteiger partial charge in [0.1, 0.15) is 36.4 Å². The van der Waals surface area contributed by atoms with Gasteiger partial charge in [0.2, 0.25) is 5.75 Å². The molecular weight excluding hydrogens is 949 g/mol. The van der Waals surface area contributed by atoms with Crippen LogP contribution in [0, 0.1) is 40.9 Å². The van der Waals surface area contributed by atoms with Crippen molar-refractivity contribution in [3.8, 4) is 57.3 Å². The molecule has 13 nitrogen and oxygen atoms in total. The van der Waals surface area contributed by atoms with Gasteiger partial charge in [-0.15, -0.1) is 0 Å². The molecule has 4 fully saturated rings. The van der Waals surface area contributed by atoms with E-state index >= 15 is 4.79 Å². The molecule has 13 heteroatoms. The molecule has 11 atom stereocenters. The second kappa shape index (κ2) is 19.2. The quantitative estimate of drug-likeness (QED) is 0.0362. The van der Waals surface area contributed by atoms with Crippen molar-refractivity contribution in [2.45, 2.75) is 113 Å². The van der Waals surface area contributed by atoms with Crippen molar-refractivity contribution in [3.63, 3.8) is 0 Å². The topological polar surface area (TPSA) is 239 Å². The third-order valence-corrected chi connectivity index (χ3v) is 19.6. The number of nitrogens with one attached hydrogen (secondary N) is 1. The summed E-state index contributed by atoms with van der Waals surface area (Å²) in [6, 6.07) is 29.1. The molecule has 11 N–H and O–H groups in total. The van der Waals surface area contributed by atoms with Crippen molar-refractivity contribution in [2.24, 2.45) is 46.7 Å². The molecule has 7 aliphatic carbocycles. The zero-order chi connectivity index (χ0) is 51.9. The maximum absolute atomic E-state index is 15.2. The largest absolute Gasteiger partial charge is 0.508 e. The van der Waals surface area contributed by atoms with E-state index in [0.717, 1.165) is 60.1 Å². The summed E-state index contributed by atoms with van der Waals surface area (Å²) in [4.78, 5) is 18.9. The van der Waals surface area contributed by atoms with E-state index in [1.54, 1.807) is 48.5 Å². The average Bonchev–Trinajstić information content (AvgIpc) is 4.12. The molecule has 0 saturated heterocycles. The number of Topliss-reactive ketones (excluding diaryl/α,β-unsaturated/α-hetero) is 1. The van der Waals surface area contributed by atoms with Crippen LogP contribution in [0.3, 0.4) is 0 Å². The summed E-state index contributed by atoms with van der Waals surface area (Å²) in [5, 5.41) is 91.5. The number of hydrogen-bond acceptors (Lipinski definition) is 12. The van der Waals surface area contributed by atoms with Crippen LogP contribution in [-0.4, -0.2) is 71.1 Å². The average molecular weight is 1020 g/mol. The molecule has 1 aromatic heterocycles. The lowest BCUT2D eigenvalue weighted by Crippen LogP contribution is -2.53. The normalized spacial score (nSPS) is 28.7. The fourth-order valence-corrected chi connectivity index (χ4v) is 17.0. The van der Waals surface area contributed by atoms with Crippen LogP contribution in [0.15, 0.2) is 103 Å². The van der Waals surface area contributed by atoms with Gasteiger partial charge in [-0.1, -0.05) is 61.4 Å². The number of carbonyl (C=O) groups excluding carboxylic acids is 1. The molecule has 5 aromatic carbocycles. The number of fused-ring (bicyclic) bond motifs is 9. The Morgan fingerprint density at radius 3 is 2.39 bits per heavy atom. The van der Waals surface area contributed by atoms with Crippen LogP contribution in [0.4, 0.5) is 0 Å². The van der Waals surface area contributed by atoms with Crippen LogP contribution in [-0.2, 0) is 29.7 Å². The molecule has 1 heterocycles. The van der Waals surface area contributed by atoms with Gasteiger partial charge in [0.05, 0.1) is 6.10 Å². The molecule has 392 valence electrons. The Labute approximate surface area is 436 Å². The standard InChI is InChI=1S/C62H68N2O11/c63-32-75-52-23-33(11-15-49(52)69)10-14-48(68)44-25-36(24-35-12-13-40(67)28-50(35)70)43-26-37-27-47(54(55(43)57(44)72)45-29-51(71)58(73)59(53(37)45)74-31-34-6-5-7-39(66)22-34)62-30-38(17-21-65)61(18-3-4-19-61)60(62)42-16-20-64-56(42)41-8-1-2-9-46(41)62/h1-2,5-9,11-13,15-16,20,22-23,28-29,36-38,43-44,47,54-55,57,60,64-67,69-73H,3-4,10,14,17-19,21,24-27,30-32,63H2/t36-,37+,38-,43-,44+,47+,54+,55-,57+,60-,62-/m1/s1. The zero-order valence-corrected chi connectivity index (χ0v) is 42.1. The monoisotopic (exact) mass is 1020 g/mol. The van der Waals surface area contributed by atoms with Gasteiger partial charge in [-0.3, -0.25) is 10.5 Å². The van der Waals surface area contributed by atoms with Gasteiger partial charge in [-0.25, -0.2) is 0 Å². The smallest absolute Gasteiger partial charge is 0.200 e. The van der Waals surface area contributed by atoms with Gasteiger partial charge in [-0.2, -0.15) is 0 Å². The van der Waals surface area contributed by atoms with E-state index in [0.29, 0.717) is 49.7 Å². The van der Waals surface area contributed by atoms with E-state index in [-0.39, 0.29) is 119 Å². The minimum Gasteiger partial charge on any atom is -0.508 e. The van der Waals surface area contributed by atoms with E-state index in [9.17, 15) is 40.9 Å². The van der Waals surface area contributed by atoms with Gasteiger partial charge in [0, 0.05) is 59.4 Å². The second-order valence-electron chi connectivity index (χ2n) is 22.9. The summed E-state index contributed by atoms with van der Waals surface area (Å²) < 4.78 is 12.2. The number of nitrogens with two attached hydrogens (primary N) is 1. The van der Waals surface area contributed by atoms with E-state index in [4.69, 9.17) is 15.2 Å². The highest BCUT2D eigenvalue weighted by Crippen LogP contribution is 2.78. The number of benzene rings is 5. The first-order valence-electron chi connectivity index (χ1n) is 27.1. The van der Waals surface area contributed by atoms with Gasteiger partial charge < -0.3 is 55.3 Å². The van der Waals surface area contributed by atoms with Crippen LogP contribution >= 0.6 is 0 Å². The second-order valence-corrected chi connectivity index (χ2v) is 22.9. The lowest BCUT2D eigenvalue weighted by molar-refractivity contribution is -0.136. The Balaban J connectivity index is 1.06. The Morgan fingerprint density at radius 1 is 0.787 bits per heavy atom. The Morgan fingerprint density at radius 2 is 1.60 bits per heavy atom. The number of H-pyrrole nitrogens is 1. The summed E-state index contributed by atoms with van der Waals surface area (Å²) in [5.41, 5.74) is 13.4. The van der Waals surface area contributed by atoms with Crippen molar-refractivity contribution >= 4 is 5.78 Å². The summed E-state index contributed by atoms with van der Waals surface area (Å²) in [7, 11) is 0. The van der Waals surface area contributed by atoms with E-state index in [1.807, 2.05) is 6.07 Å². The first kappa shape index (κ1) is 49.2. The number of phenolic OH excluding ortho intramolecular Hbond substituents is 6. The van der Waals surface area contributed by atoms with Crippen LogP contribution in [0.2, 0.25) is 0 Å². The Bertz CT molecular complexity index is 3140. The molecule has 6 aromatic rings. The predicted octanol–water partition coefficient (Wildman–Crippen LogP) is 10.1. The minimum atomic E-state index is -1.14. The molecule has 0 radical (unpaired) electrons. The number of aromatic amines is 1. The molecule has 7 aliphatic rings. The first-order valence-corrected chi connectivity index (χ1v) is 27.1. The number of aromatic nitrogens is 1. The van der Waals surface area contributed by atoms with Crippen molar-refractivity contribution in [1.29, 1.82) is 0 Å². The number of hydrogen-bond donors (Lipinski definition) is 10. The molecule has 4 saturated carbocycles. The number of carbonyl (C=O) groups is 1. The molecule has 0 amide bonds. The number of ether oxygens (including phenoxy) is 2. The van der Waals surface area contributed by atoms with Crippen LogP contribution in [0.25, 0.3) is 11.3 Å². The molecule has 1 spiro atoms. The highest BCUT2D eigenvalue weighted by atomic mass is 16.5. The van der Waals surface area contributed by atoms with Crippen LogP contribution in [0.1, 0.15) is 121 Å². The third kappa shape index (κ3) is 7.93. The molecule has 0 unspecified atom stereocenters. The zero-order valence-electron chi connectivity index (χ0n) is 42.1. The van der Waals surface area contributed by atoms with Crippen LogP contribution in [0.5, 0.6) is 46.0 Å². The minimum absolute atomic E-state index is 0.00460. The fraction of sp³-hybridized carbons (Fsp3) is 0.435. The van der Waals surface area contributed by atoms with Gasteiger partial charge in [-0.05, 0) is 180 Å². The lowest BCUT2D eigenvalue weighted by Gasteiger charge is -2.56. The van der Waals surface area contributed by atoms with E-state index < -0.39 is 29.3 Å². The van der Waals surface area contributed by atoms with E-state index in [1.165, 1.54) is 23.3 Å². The summed E-state index contributed by atoms with van der Waals surface area (Å²) in [6.45, 7) is -0.0776. The maximum atomic E-state index is 15.2. The molecule has 2 bridgehead atoms. The molecule has 13 rings (SSSR count). The Kier molecular flexibility index (Phi) is 12.6. The summed E-state index contributed by atoms with van der Waals surface area (Å²) in [6.07, 6.45) is 8.95. The van der Waals surface area contributed by atoms with Crippen molar-refractivity contribution < 1.29 is 55.1 Å². The fourth-order valence-electron chi connectivity index (χ4n) is 17.0. The van der Waals surface area contributed by atoms with Gasteiger partial charge in [0.25, 0.3) is 0 Å². The number of phenols is 6. The summed E-state index contributed by atoms with van der Waals surface area (Å²) in [5.74, 6) is -3.10. The molecule has 75 heavy (non-hydrogen) atoms. The number of aryl methyl sites for hydroxylation is 1. The first-order chi connectivity index (χ1) is 36.3. The number of aliphatic hydroxyl groups is 2. The maximum Gasteiger partial charge on any atom is 0.200 e. The lowest BCUT2D eigenvalue weighted by atomic mass is 9.47. The van der Waals surface area contributed by atoms with Crippen molar-refractivity contribution in [3.05, 3.63) is 142 Å². The highest BCUT2D eigenvalue weighted by Gasteiger charge is 2.71. The van der Waals surface area contributed by atoms with Crippen molar-refractivity contribution in [2.75, 3.05) is 13.3 Å². The molecular formula is C62H68N2O11. The predicted molar refractivity (Wildman–Crippen MR) is 281 cm³/mol. The van der Waals surface area contributed by atoms with Gasteiger partial charge >= 0.3 is 0 Å². The number of ketones is 1. The SMILES string of the molecule is NCOc1cc(CCC(=O)[C@@H]2C[C@@H](Cc3ccc(O)cc3O)[C@H]3C[C@H]4C[C@H]([C@]56C[C@@H](CCO)C7(CCCC7)[C@H]5c5cc[nH]c5-c5ccccc56)[C@H](c5cc(O)c(O)c(OCc6cccc(O)c6)c54)[C@@H]3[C@H]2O)ccc1O. The number of aromatic hydroxyl groups is 6. The Hall–Kier alpha value is -6.67. The highest BCUT2D eigenvalue weighted by molar-refractivity contribution is 5.82. The van der Waals surface area contributed by atoms with Gasteiger partial charge in [0.15, 0.2) is 23.0 Å².